The fraction of sp³-hybridized carbons (Fsp3) is 0.143. The fourth-order valence-electron chi connectivity index (χ4n) is 1.78. The van der Waals surface area contributed by atoms with Gasteiger partial charge in [-0.05, 0) is 48.9 Å². The second-order valence-corrected chi connectivity index (χ2v) is 6.76. The van der Waals surface area contributed by atoms with E-state index in [0.717, 1.165) is 9.79 Å². The van der Waals surface area contributed by atoms with Crippen LogP contribution in [0.25, 0.3) is 0 Å². The Morgan fingerprint density at radius 2 is 1.11 bits per heavy atom. The van der Waals surface area contributed by atoms with Crippen LogP contribution in [0.1, 0.15) is 0 Å². The van der Waals surface area contributed by atoms with Crippen molar-refractivity contribution in [2.45, 2.75) is 9.79 Å². The lowest BCUT2D eigenvalue weighted by molar-refractivity contribution is 0.530. The van der Waals surface area contributed by atoms with Crippen molar-refractivity contribution in [3.8, 4) is 0 Å². The van der Waals surface area contributed by atoms with E-state index in [4.69, 9.17) is 0 Å². The van der Waals surface area contributed by atoms with Crippen molar-refractivity contribution < 1.29 is 4.55 Å². The van der Waals surface area contributed by atoms with E-state index in [-0.39, 0.29) is 12.4 Å². The van der Waals surface area contributed by atoms with Gasteiger partial charge in [-0.1, -0.05) is 36.4 Å². The highest BCUT2D eigenvalue weighted by Crippen LogP contribution is 2.60. The second-order valence-electron chi connectivity index (χ2n) is 3.99. The Hall–Kier alpha value is -1.00. The third-order valence-electron chi connectivity index (χ3n) is 2.67. The molecule has 2 aromatic rings. The Kier molecular flexibility index (Phi) is 5.23. The molecule has 0 saturated heterocycles. The van der Waals surface area contributed by atoms with Crippen LogP contribution in [0.15, 0.2) is 70.5 Å². The maximum absolute atomic E-state index is 11.0. The Morgan fingerprint density at radius 1 is 0.778 bits per heavy atom. The van der Waals surface area contributed by atoms with Crippen LogP contribution in [0.5, 0.6) is 0 Å². The second kappa shape index (κ2) is 6.25. The van der Waals surface area contributed by atoms with Crippen molar-refractivity contribution in [1.82, 2.24) is 4.31 Å². The van der Waals surface area contributed by atoms with E-state index in [1.807, 2.05) is 79.1 Å². The van der Waals surface area contributed by atoms with Crippen LogP contribution >= 0.6 is 22.9 Å². The first-order chi connectivity index (χ1) is 8.15. The molecule has 0 radical (unpaired) electrons. The summed E-state index contributed by atoms with van der Waals surface area (Å²) < 4.78 is 12.9. The molecule has 98 valence electrons. The molecule has 4 heteroatoms. The van der Waals surface area contributed by atoms with Crippen LogP contribution in [0.3, 0.4) is 0 Å². The summed E-state index contributed by atoms with van der Waals surface area (Å²) in [6, 6.07) is 19.7. The van der Waals surface area contributed by atoms with Crippen LogP contribution in [0, 0.1) is 0 Å². The summed E-state index contributed by atoms with van der Waals surface area (Å²) in [6.07, 6.45) is 0. The average Bonchev–Trinajstić information content (AvgIpc) is 2.39. The molecule has 0 aromatic heterocycles. The van der Waals surface area contributed by atoms with Gasteiger partial charge in [0, 0.05) is 9.79 Å². The smallest absolute Gasteiger partial charge is 0.0306 e. The summed E-state index contributed by atoms with van der Waals surface area (Å²) in [5.74, 6) is 0. The van der Waals surface area contributed by atoms with Crippen molar-refractivity contribution in [3.05, 3.63) is 60.7 Å². The predicted octanol–water partition coefficient (Wildman–Crippen LogP) is 4.28. The van der Waals surface area contributed by atoms with Gasteiger partial charge < -0.3 is 4.55 Å². The molecule has 0 amide bonds. The summed E-state index contributed by atoms with van der Waals surface area (Å²) in [5, 5.41) is 0. The maximum atomic E-state index is 11.0. The highest BCUT2D eigenvalue weighted by molar-refractivity contribution is 8.27. The van der Waals surface area contributed by atoms with Gasteiger partial charge in [-0.25, -0.2) is 4.31 Å². The zero-order valence-corrected chi connectivity index (χ0v) is 12.1. The topological polar surface area (TPSA) is 23.5 Å². The molecule has 1 N–H and O–H groups in total. The summed E-state index contributed by atoms with van der Waals surface area (Å²) >= 11 is 0. The Balaban J connectivity index is 0.00000162. The minimum absolute atomic E-state index is 0. The van der Waals surface area contributed by atoms with Gasteiger partial charge in [0.2, 0.25) is 0 Å². The first-order valence-corrected chi connectivity index (χ1v) is 7.04. The van der Waals surface area contributed by atoms with Crippen LogP contribution < -0.4 is 0 Å². The molecule has 0 saturated carbocycles. The van der Waals surface area contributed by atoms with Crippen LogP contribution in [-0.2, 0) is 0 Å². The van der Waals surface area contributed by atoms with Gasteiger partial charge in [-0.15, -0.1) is 12.4 Å². The number of benzene rings is 2. The van der Waals surface area contributed by atoms with E-state index in [1.54, 1.807) is 0 Å². The van der Waals surface area contributed by atoms with E-state index in [0.29, 0.717) is 0 Å². The number of halogens is 1. The van der Waals surface area contributed by atoms with Gasteiger partial charge >= 0.3 is 0 Å². The van der Waals surface area contributed by atoms with Gasteiger partial charge in [0.1, 0.15) is 0 Å². The molecule has 0 aliphatic heterocycles. The number of rotatable bonds is 3. The molecule has 2 nitrogen and oxygen atoms in total. The average molecular weight is 284 g/mol. The zero-order chi connectivity index (χ0) is 12.3. The third kappa shape index (κ3) is 2.70. The van der Waals surface area contributed by atoms with E-state index < -0.39 is 10.5 Å². The minimum atomic E-state index is -2.08. The molecule has 0 fully saturated rings. The minimum Gasteiger partial charge on any atom is -0.329 e. The Bertz CT molecular complexity index is 436. The normalized spacial score (nSPS) is 12.0. The molecule has 0 aliphatic rings. The first kappa shape index (κ1) is 15.1. The molecule has 0 heterocycles. The van der Waals surface area contributed by atoms with Crippen LogP contribution in [0.4, 0.5) is 0 Å². The molecule has 0 unspecified atom stereocenters. The van der Waals surface area contributed by atoms with Gasteiger partial charge in [-0.3, -0.25) is 0 Å². The van der Waals surface area contributed by atoms with Crippen LogP contribution in [-0.4, -0.2) is 23.0 Å². The molecule has 0 atom stereocenters. The summed E-state index contributed by atoms with van der Waals surface area (Å²) in [4.78, 5) is 1.91. The molecule has 18 heavy (non-hydrogen) atoms. The van der Waals surface area contributed by atoms with Gasteiger partial charge in [-0.2, -0.15) is 0 Å². The maximum Gasteiger partial charge on any atom is 0.0306 e. The van der Waals surface area contributed by atoms with Gasteiger partial charge in [0.15, 0.2) is 0 Å². The summed E-state index contributed by atoms with van der Waals surface area (Å²) in [6.45, 7) is 0. The molecule has 0 spiro atoms. The van der Waals surface area contributed by atoms with Crippen molar-refractivity contribution in [3.63, 3.8) is 0 Å². The van der Waals surface area contributed by atoms with Gasteiger partial charge in [0.25, 0.3) is 0 Å². The highest BCUT2D eigenvalue weighted by Gasteiger charge is 2.27. The number of nitrogens with zero attached hydrogens (tertiary/aromatic N) is 1. The van der Waals surface area contributed by atoms with Crippen molar-refractivity contribution in [2.75, 3.05) is 14.1 Å². The molecule has 0 aliphatic carbocycles. The van der Waals surface area contributed by atoms with E-state index in [1.165, 1.54) is 0 Å². The van der Waals surface area contributed by atoms with Crippen molar-refractivity contribution >= 4 is 22.9 Å². The quantitative estimate of drug-likeness (QED) is 0.909. The fourth-order valence-corrected chi connectivity index (χ4v) is 3.97. The van der Waals surface area contributed by atoms with Crippen molar-refractivity contribution in [1.29, 1.82) is 0 Å². The van der Waals surface area contributed by atoms with Crippen molar-refractivity contribution in [2.24, 2.45) is 0 Å². The van der Waals surface area contributed by atoms with E-state index >= 15 is 0 Å². The molecular weight excluding hydrogens is 266 g/mol. The summed E-state index contributed by atoms with van der Waals surface area (Å²) in [7, 11) is 1.74. The highest BCUT2D eigenvalue weighted by atomic mass is 35.5. The third-order valence-corrected chi connectivity index (χ3v) is 5.59. The Labute approximate surface area is 116 Å². The SMILES string of the molecule is CN(C)S(O)(c1ccccc1)c1ccccc1.Cl. The zero-order valence-electron chi connectivity index (χ0n) is 10.5. The van der Waals surface area contributed by atoms with E-state index in [2.05, 4.69) is 0 Å². The lowest BCUT2D eigenvalue weighted by atomic mass is 10.4. The number of hydrogen-bond donors (Lipinski definition) is 1. The first-order valence-electron chi connectivity index (χ1n) is 5.49. The molecule has 0 bridgehead atoms. The predicted molar refractivity (Wildman–Crippen MR) is 80.6 cm³/mol. The Morgan fingerprint density at radius 3 is 1.39 bits per heavy atom. The summed E-state index contributed by atoms with van der Waals surface area (Å²) in [5.41, 5.74) is 0. The van der Waals surface area contributed by atoms with Gasteiger partial charge in [0.05, 0.1) is 0 Å². The molecular formula is C14H18ClNOS. The lowest BCUT2D eigenvalue weighted by Gasteiger charge is -2.40. The van der Waals surface area contributed by atoms with Crippen LogP contribution in [0.2, 0.25) is 0 Å². The largest absolute Gasteiger partial charge is 0.329 e. The number of hydrogen-bond acceptors (Lipinski definition) is 2. The molecule has 2 aromatic carbocycles. The molecule has 2 rings (SSSR count). The lowest BCUT2D eigenvalue weighted by Crippen LogP contribution is -2.19. The standard InChI is InChI=1S/C14H17NOS.ClH/c1-15(2)17(16,13-9-5-3-6-10-13)14-11-7-4-8-12-14;/h3-12,16H,1-2H3;1H. The monoisotopic (exact) mass is 283 g/mol. The van der Waals surface area contributed by atoms with E-state index in [9.17, 15) is 4.55 Å².